The van der Waals surface area contributed by atoms with Crippen LogP contribution < -0.4 is 26.0 Å². The van der Waals surface area contributed by atoms with E-state index in [0.29, 0.717) is 37.8 Å². The van der Waals surface area contributed by atoms with E-state index in [4.69, 9.17) is 23.7 Å². The van der Waals surface area contributed by atoms with Crippen molar-refractivity contribution in [1.29, 1.82) is 0 Å². The highest BCUT2D eigenvalue weighted by Crippen LogP contribution is 2.37. The maximum atomic E-state index is 15.2. The fraction of sp³-hybridized carbons (Fsp3) is 0.739. The van der Waals surface area contributed by atoms with Gasteiger partial charge in [-0.25, -0.2) is 4.79 Å². The van der Waals surface area contributed by atoms with Crippen molar-refractivity contribution in [2.75, 3.05) is 52.9 Å². The number of aryl methyl sites for hydroxylation is 1. The van der Waals surface area contributed by atoms with Crippen LogP contribution in [0.25, 0.3) is 0 Å². The van der Waals surface area contributed by atoms with Gasteiger partial charge in [-0.05, 0) is 99.3 Å². The SMILES string of the molecule is CC[C@H](C)[C@@H](CNC(=O)[C@@H](NC(=O)[C@H](C(C)C)N(C(=O)OC)C(Cc1cn(CCC(O)CCC(O)CCC(O)CCNC(=O)CBr)nn1)c1ccc(OC2([N+](=O)[O-])O[C@H](CO)[C@H](O)[C@H](O)[C@H]2O)cc1)C(C)C)[C@@H](C[C@H](O)N1CCC[C@H]1[C@H](OC)[C@@H](C)[C@@H](O)N[C@H](C)[C@@H](O)c1ccccc1)OC. The standard InChI is InChI=1S/C69H113BrN10O21/c1-12-41(6)51(54(97-9)34-57(86)78-31-16-19-52(78)63(98-10)42(7)65(91)73-43(8)60(87)45-17-14-13-15-18-45)36-72-66(92)58(39(2)3)74-67(93)59(40(4)5)79(68(94)99-11)53(44-20-26-50(27-21-44)100-69(80(95)96)64(90)62(89)61(88)55(38-81)101-69)33-46-37-77(76-75-46)32-29-49(84)25-23-47(82)22-24-48(83)28-30-71-56(85)35-70/h13-15,17-18,20-21,26-27,37,39-43,47-49,51-55,57-65,73,81-84,86-91H,12,16,19,22-25,28-36,38H2,1-11H3,(H,71,85)(H,72,92)(H,74,93)/t41-,42+,43+,47?,48?,49?,51+,52-,53?,54+,55+,57-,58-,59-,60+,61-,62-,63+,64+,65+,69?/m0/s1. The molecule has 32 heteroatoms. The number of aliphatic hydroxyl groups is 10. The van der Waals surface area contributed by atoms with Crippen molar-refractivity contribution in [3.63, 3.8) is 0 Å². The third-order valence-electron chi connectivity index (χ3n) is 19.7. The van der Waals surface area contributed by atoms with E-state index >= 15 is 4.79 Å². The van der Waals surface area contributed by atoms with E-state index in [0.717, 1.165) is 13.5 Å². The second kappa shape index (κ2) is 41.7. The molecule has 3 aromatic rings. The Morgan fingerprint density at radius 1 is 0.822 bits per heavy atom. The van der Waals surface area contributed by atoms with E-state index in [2.05, 4.69) is 47.5 Å². The Labute approximate surface area is 600 Å². The van der Waals surface area contributed by atoms with E-state index in [9.17, 15) is 75.6 Å². The molecule has 2 aliphatic heterocycles. The van der Waals surface area contributed by atoms with Gasteiger partial charge >= 0.3 is 12.0 Å². The zero-order chi connectivity index (χ0) is 75.0. The van der Waals surface area contributed by atoms with Crippen LogP contribution in [0.4, 0.5) is 4.79 Å². The summed E-state index contributed by atoms with van der Waals surface area (Å²) < 4.78 is 30.1. The lowest BCUT2D eigenvalue weighted by Crippen LogP contribution is -2.70. The largest absolute Gasteiger partial charge is 0.513 e. The number of carbonyl (C=O) groups is 4. The zero-order valence-corrected chi connectivity index (χ0v) is 61.6. The molecule has 0 saturated carbocycles. The summed E-state index contributed by atoms with van der Waals surface area (Å²) in [5.74, 6) is -7.17. The molecule has 21 atom stereocenters. The summed E-state index contributed by atoms with van der Waals surface area (Å²) in [6.45, 7) is 14.6. The number of nitrogens with zero attached hydrogens (tertiary/aromatic N) is 6. The molecule has 101 heavy (non-hydrogen) atoms. The van der Waals surface area contributed by atoms with Crippen LogP contribution in [0, 0.1) is 39.7 Å². The number of halogens is 1. The van der Waals surface area contributed by atoms with Crippen LogP contribution in [0.1, 0.15) is 149 Å². The van der Waals surface area contributed by atoms with Gasteiger partial charge < -0.3 is 86.0 Å². The number of likely N-dealkylation sites (tertiary alicyclic amines) is 1. The average Bonchev–Trinajstić information content (AvgIpc) is 1.29. The van der Waals surface area contributed by atoms with Crippen LogP contribution >= 0.6 is 15.9 Å². The highest BCUT2D eigenvalue weighted by molar-refractivity contribution is 9.09. The first kappa shape index (κ1) is 86.0. The summed E-state index contributed by atoms with van der Waals surface area (Å²) in [6, 6.07) is 9.84. The third-order valence-corrected chi connectivity index (χ3v) is 20.2. The van der Waals surface area contributed by atoms with E-state index in [1.165, 1.54) is 33.8 Å². The first-order valence-corrected chi connectivity index (χ1v) is 36.2. The first-order chi connectivity index (χ1) is 47.9. The maximum Gasteiger partial charge on any atom is 0.513 e. The van der Waals surface area contributed by atoms with E-state index < -0.39 is 151 Å². The number of nitro groups is 1. The Morgan fingerprint density at radius 3 is 2.02 bits per heavy atom. The van der Waals surface area contributed by atoms with Gasteiger partial charge in [0.05, 0.1) is 67.4 Å². The fourth-order valence-corrected chi connectivity index (χ4v) is 13.6. The molecule has 2 fully saturated rings. The smallest absolute Gasteiger partial charge is 0.453 e. The lowest BCUT2D eigenvalue weighted by atomic mass is 9.84. The molecule has 1 aromatic heterocycles. The summed E-state index contributed by atoms with van der Waals surface area (Å²) >= 11 is 3.07. The van der Waals surface area contributed by atoms with E-state index in [1.807, 2.05) is 56.0 Å². The van der Waals surface area contributed by atoms with Gasteiger partial charge in [-0.1, -0.05) is 118 Å². The normalized spacial score (nSPS) is 23.4. The third kappa shape index (κ3) is 23.9. The number of hydrogen-bond acceptors (Lipinski definition) is 25. The fourth-order valence-electron chi connectivity index (χ4n) is 13.4. The summed E-state index contributed by atoms with van der Waals surface area (Å²) in [7, 11) is 4.24. The molecule has 0 aliphatic carbocycles. The number of aliphatic hydroxyl groups excluding tert-OH is 10. The van der Waals surface area contributed by atoms with Crippen molar-refractivity contribution >= 4 is 39.7 Å². The molecule has 5 rings (SSSR count). The van der Waals surface area contributed by atoms with Crippen molar-refractivity contribution in [3.8, 4) is 5.75 Å². The van der Waals surface area contributed by atoms with Gasteiger partial charge in [-0.2, -0.15) is 0 Å². The Bertz CT molecular complexity index is 2970. The second-order valence-corrected chi connectivity index (χ2v) is 28.1. The van der Waals surface area contributed by atoms with Crippen LogP contribution in [-0.4, -0.2) is 255 Å². The van der Waals surface area contributed by atoms with Crippen LogP contribution in [0.15, 0.2) is 60.8 Å². The van der Waals surface area contributed by atoms with E-state index in [1.54, 1.807) is 55.0 Å². The van der Waals surface area contributed by atoms with Crippen molar-refractivity contribution in [3.05, 3.63) is 87.7 Å². The molecule has 14 N–H and O–H groups in total. The van der Waals surface area contributed by atoms with Crippen LogP contribution in [0.5, 0.6) is 5.75 Å². The van der Waals surface area contributed by atoms with Crippen LogP contribution in [-0.2, 0) is 46.3 Å². The molecule has 3 heterocycles. The minimum Gasteiger partial charge on any atom is -0.453 e. The number of alkyl halides is 1. The summed E-state index contributed by atoms with van der Waals surface area (Å²) in [6.07, 6.45) is -10.7. The number of benzene rings is 2. The number of methoxy groups -OCH3 is 3. The molecule has 2 aromatic carbocycles. The molecule has 0 radical (unpaired) electrons. The van der Waals surface area contributed by atoms with Gasteiger partial charge in [0.2, 0.25) is 23.8 Å². The second-order valence-electron chi connectivity index (χ2n) is 27.5. The predicted octanol–water partition coefficient (Wildman–Crippen LogP) is 2.16. The van der Waals surface area contributed by atoms with Crippen LogP contribution in [0.2, 0.25) is 0 Å². The molecule has 572 valence electrons. The van der Waals surface area contributed by atoms with Crippen molar-refractivity contribution in [1.82, 2.24) is 46.1 Å². The number of ether oxygens (including phenoxy) is 5. The highest BCUT2D eigenvalue weighted by Gasteiger charge is 2.66. The number of aromatic nitrogens is 3. The van der Waals surface area contributed by atoms with Gasteiger partial charge in [-0.3, -0.25) is 49.0 Å². The van der Waals surface area contributed by atoms with Crippen molar-refractivity contribution in [2.24, 2.45) is 29.6 Å². The number of rotatable bonds is 44. The molecule has 4 amide bonds. The molecule has 5 unspecified atom stereocenters. The van der Waals surface area contributed by atoms with Gasteiger partial charge in [0.15, 0.2) is 0 Å². The Kier molecular flexibility index (Phi) is 35.5. The molecular weight excluding hydrogens is 1380 g/mol. The number of hydrogen-bond donors (Lipinski definition) is 14. The van der Waals surface area contributed by atoms with Gasteiger partial charge in [0.25, 0.3) is 0 Å². The minimum atomic E-state index is -3.23. The Balaban J connectivity index is 1.37. The lowest BCUT2D eigenvalue weighted by molar-refractivity contribution is -0.706. The number of nitrogens with one attached hydrogen (secondary N) is 4. The molecule has 2 aliphatic rings. The van der Waals surface area contributed by atoms with Gasteiger partial charge in [0.1, 0.15) is 53.5 Å². The molecule has 31 nitrogen and oxygen atoms in total. The van der Waals surface area contributed by atoms with Gasteiger partial charge in [-0.15, -0.1) is 5.10 Å². The van der Waals surface area contributed by atoms with E-state index in [-0.39, 0.29) is 104 Å². The predicted molar refractivity (Wildman–Crippen MR) is 372 cm³/mol. The number of amides is 4. The number of carbonyl (C=O) groups excluding carboxylic acids is 4. The monoisotopic (exact) mass is 1500 g/mol. The van der Waals surface area contributed by atoms with Crippen LogP contribution in [0.3, 0.4) is 0 Å². The zero-order valence-electron chi connectivity index (χ0n) is 60.0. The highest BCUT2D eigenvalue weighted by atomic mass is 79.9. The quantitative estimate of drug-likeness (QED) is 0.0167. The Hall–Kier alpha value is -5.66. The summed E-state index contributed by atoms with van der Waals surface area (Å²) in [5.41, 5.74) is 1.24. The Morgan fingerprint density at radius 2 is 1.46 bits per heavy atom. The molecular formula is C69H113BrN10O21. The maximum absolute atomic E-state index is 15.2. The molecule has 2 saturated heterocycles. The summed E-state index contributed by atoms with van der Waals surface area (Å²) in [5, 5.41) is 142. The molecule has 0 bridgehead atoms. The minimum absolute atomic E-state index is 0.0525. The lowest BCUT2D eigenvalue weighted by Gasteiger charge is -2.41. The topological polar surface area (TPSA) is 445 Å². The average molecular weight is 1500 g/mol. The van der Waals surface area contributed by atoms with Crippen molar-refractivity contribution < 1.29 is 98.9 Å². The van der Waals surface area contributed by atoms with Gasteiger partial charge in [0, 0.05) is 83.4 Å². The summed E-state index contributed by atoms with van der Waals surface area (Å²) in [4.78, 5) is 70.6. The molecule has 0 spiro atoms. The van der Waals surface area contributed by atoms with Crippen molar-refractivity contribution in [2.45, 2.75) is 242 Å². The first-order valence-electron chi connectivity index (χ1n) is 35.0.